The molecule has 0 amide bonds. The number of phenolic OH excluding ortho intramolecular Hbond substituents is 1. The van der Waals surface area contributed by atoms with Crippen LogP contribution >= 0.6 is 0 Å². The number of ether oxygens (including phenoxy) is 1. The Bertz CT molecular complexity index is 278. The maximum absolute atomic E-state index is 11.7. The highest BCUT2D eigenvalue weighted by Gasteiger charge is 2.03. The van der Waals surface area contributed by atoms with Crippen LogP contribution in [0.4, 0.5) is 10.1 Å². The van der Waals surface area contributed by atoms with Crippen molar-refractivity contribution in [2.45, 2.75) is 6.42 Å². The van der Waals surface area contributed by atoms with Crippen LogP contribution in [0.3, 0.4) is 0 Å². The molecule has 1 aromatic rings. The number of hydrogen-bond acceptors (Lipinski definition) is 3. The van der Waals surface area contributed by atoms with Crippen LogP contribution in [0.1, 0.15) is 6.42 Å². The second kappa shape index (κ2) is 4.54. The molecule has 0 unspecified atom stereocenters. The summed E-state index contributed by atoms with van der Waals surface area (Å²) < 4.78 is 16.8. The average molecular weight is 185 g/mol. The SMILES string of the molecule is Nc1c(O)cccc1OCCCF. The molecule has 0 heterocycles. The zero-order valence-corrected chi connectivity index (χ0v) is 7.16. The molecule has 0 radical (unpaired) electrons. The van der Waals surface area contributed by atoms with Gasteiger partial charge in [0.05, 0.1) is 13.3 Å². The van der Waals surface area contributed by atoms with Crippen molar-refractivity contribution in [1.82, 2.24) is 0 Å². The zero-order valence-electron chi connectivity index (χ0n) is 7.16. The highest BCUT2D eigenvalue weighted by Crippen LogP contribution is 2.29. The Balaban J connectivity index is 2.61. The van der Waals surface area contributed by atoms with Crippen LogP contribution in [-0.2, 0) is 0 Å². The number of nitrogens with two attached hydrogens (primary N) is 1. The molecule has 0 saturated heterocycles. The molecule has 0 aliphatic heterocycles. The summed E-state index contributed by atoms with van der Waals surface area (Å²) in [5, 5.41) is 9.18. The van der Waals surface area contributed by atoms with Crippen LogP contribution in [0.15, 0.2) is 18.2 Å². The van der Waals surface area contributed by atoms with Crippen molar-refractivity contribution in [3.8, 4) is 11.5 Å². The van der Waals surface area contributed by atoms with Crippen molar-refractivity contribution in [3.63, 3.8) is 0 Å². The molecular formula is C9H12FNO2. The number of rotatable bonds is 4. The second-order valence-corrected chi connectivity index (χ2v) is 2.58. The molecule has 4 heteroatoms. The first-order valence-corrected chi connectivity index (χ1v) is 4.02. The van der Waals surface area contributed by atoms with Gasteiger partial charge in [0.1, 0.15) is 17.2 Å². The summed E-state index contributed by atoms with van der Waals surface area (Å²) in [6.45, 7) is -0.150. The minimum Gasteiger partial charge on any atom is -0.506 e. The lowest BCUT2D eigenvalue weighted by Gasteiger charge is -2.08. The summed E-state index contributed by atoms with van der Waals surface area (Å²) in [5.74, 6) is 0.381. The molecule has 0 aromatic heterocycles. The Morgan fingerprint density at radius 2 is 2.23 bits per heavy atom. The van der Waals surface area contributed by atoms with E-state index in [9.17, 15) is 9.50 Å². The van der Waals surface area contributed by atoms with Gasteiger partial charge in [-0.2, -0.15) is 0 Å². The van der Waals surface area contributed by atoms with Crippen LogP contribution in [0.5, 0.6) is 11.5 Å². The monoisotopic (exact) mass is 185 g/mol. The molecule has 1 rings (SSSR count). The molecule has 3 nitrogen and oxygen atoms in total. The Labute approximate surface area is 75.9 Å². The van der Waals surface area contributed by atoms with Gasteiger partial charge in [-0.25, -0.2) is 0 Å². The molecule has 13 heavy (non-hydrogen) atoms. The van der Waals surface area contributed by atoms with Crippen molar-refractivity contribution in [2.24, 2.45) is 0 Å². The number of benzene rings is 1. The van der Waals surface area contributed by atoms with E-state index in [1.54, 1.807) is 12.1 Å². The highest BCUT2D eigenvalue weighted by molar-refractivity contribution is 5.61. The van der Waals surface area contributed by atoms with Gasteiger partial charge in [0.15, 0.2) is 0 Å². The summed E-state index contributed by atoms with van der Waals surface area (Å²) in [6.07, 6.45) is 0.328. The molecule has 1 aromatic carbocycles. The molecule has 72 valence electrons. The summed E-state index contributed by atoms with van der Waals surface area (Å²) >= 11 is 0. The van der Waals surface area contributed by atoms with E-state index in [0.29, 0.717) is 12.2 Å². The molecular weight excluding hydrogens is 173 g/mol. The van der Waals surface area contributed by atoms with Crippen molar-refractivity contribution in [2.75, 3.05) is 19.0 Å². The topological polar surface area (TPSA) is 55.5 Å². The lowest BCUT2D eigenvalue weighted by atomic mass is 10.3. The minimum absolute atomic E-state index is 0.0160. The van der Waals surface area contributed by atoms with Crippen LogP contribution in [0.25, 0.3) is 0 Å². The average Bonchev–Trinajstić information content (AvgIpc) is 2.13. The second-order valence-electron chi connectivity index (χ2n) is 2.58. The number of anilines is 1. The lowest BCUT2D eigenvalue weighted by molar-refractivity contribution is 0.290. The fourth-order valence-electron chi connectivity index (χ4n) is 0.895. The first kappa shape index (κ1) is 9.64. The quantitative estimate of drug-likeness (QED) is 0.426. The predicted octanol–water partition coefficient (Wildman–Crippen LogP) is 1.71. The molecule has 0 aliphatic rings. The first-order chi connectivity index (χ1) is 6.25. The summed E-state index contributed by atoms with van der Waals surface area (Å²) in [7, 11) is 0. The fourth-order valence-corrected chi connectivity index (χ4v) is 0.895. The Hall–Kier alpha value is -1.45. The van der Waals surface area contributed by atoms with Crippen molar-refractivity contribution in [1.29, 1.82) is 0 Å². The molecule has 0 spiro atoms. The Morgan fingerprint density at radius 1 is 1.46 bits per heavy atom. The summed E-state index contributed by atoms with van der Waals surface area (Å²) in [6, 6.07) is 4.72. The van der Waals surface area contributed by atoms with Gasteiger partial charge in [-0.3, -0.25) is 4.39 Å². The molecule has 0 atom stereocenters. The molecule has 3 N–H and O–H groups in total. The third-order valence-corrected chi connectivity index (χ3v) is 1.58. The van der Waals surface area contributed by atoms with Crippen molar-refractivity contribution >= 4 is 5.69 Å². The Kier molecular flexibility index (Phi) is 3.37. The van der Waals surface area contributed by atoms with Gasteiger partial charge in [0, 0.05) is 6.42 Å². The number of aromatic hydroxyl groups is 1. The lowest BCUT2D eigenvalue weighted by Crippen LogP contribution is -2.00. The molecule has 0 fully saturated rings. The summed E-state index contributed by atoms with van der Waals surface area (Å²) in [4.78, 5) is 0. The standard InChI is InChI=1S/C9H12FNO2/c10-5-2-6-13-8-4-1-3-7(12)9(8)11/h1,3-4,12H,2,5-6,11H2. The normalized spacial score (nSPS) is 9.92. The number of halogens is 1. The van der Waals surface area contributed by atoms with Crippen molar-refractivity contribution in [3.05, 3.63) is 18.2 Å². The van der Waals surface area contributed by atoms with E-state index in [1.807, 2.05) is 0 Å². The molecule has 0 saturated carbocycles. The zero-order chi connectivity index (χ0) is 9.68. The summed E-state index contributed by atoms with van der Waals surface area (Å²) in [5.41, 5.74) is 5.69. The van der Waals surface area contributed by atoms with Gasteiger partial charge in [-0.05, 0) is 12.1 Å². The number of hydrogen-bond donors (Lipinski definition) is 2. The third kappa shape index (κ3) is 2.50. The van der Waals surface area contributed by atoms with E-state index < -0.39 is 6.67 Å². The van der Waals surface area contributed by atoms with E-state index in [2.05, 4.69) is 0 Å². The maximum Gasteiger partial charge on any atom is 0.145 e. The number of para-hydroxylation sites is 1. The van der Waals surface area contributed by atoms with E-state index in [-0.39, 0.29) is 18.0 Å². The number of nitrogen functional groups attached to an aromatic ring is 1. The van der Waals surface area contributed by atoms with Gasteiger partial charge in [0.2, 0.25) is 0 Å². The third-order valence-electron chi connectivity index (χ3n) is 1.58. The van der Waals surface area contributed by atoms with Gasteiger partial charge in [-0.1, -0.05) is 6.07 Å². The van der Waals surface area contributed by atoms with Crippen LogP contribution in [0.2, 0.25) is 0 Å². The Morgan fingerprint density at radius 3 is 2.92 bits per heavy atom. The van der Waals surface area contributed by atoms with Gasteiger partial charge in [-0.15, -0.1) is 0 Å². The van der Waals surface area contributed by atoms with Crippen LogP contribution in [0, 0.1) is 0 Å². The van der Waals surface area contributed by atoms with E-state index in [0.717, 1.165) is 0 Å². The fraction of sp³-hybridized carbons (Fsp3) is 0.333. The van der Waals surface area contributed by atoms with Crippen LogP contribution in [-0.4, -0.2) is 18.4 Å². The number of phenols is 1. The predicted molar refractivity (Wildman–Crippen MR) is 48.6 cm³/mol. The van der Waals surface area contributed by atoms with E-state index in [4.69, 9.17) is 10.5 Å². The van der Waals surface area contributed by atoms with Crippen LogP contribution < -0.4 is 10.5 Å². The molecule has 0 aliphatic carbocycles. The van der Waals surface area contributed by atoms with Gasteiger partial charge >= 0.3 is 0 Å². The van der Waals surface area contributed by atoms with Gasteiger partial charge in [0.25, 0.3) is 0 Å². The van der Waals surface area contributed by atoms with E-state index >= 15 is 0 Å². The largest absolute Gasteiger partial charge is 0.506 e. The molecule has 0 bridgehead atoms. The minimum atomic E-state index is -0.418. The van der Waals surface area contributed by atoms with Crippen molar-refractivity contribution < 1.29 is 14.2 Å². The number of alkyl halides is 1. The van der Waals surface area contributed by atoms with E-state index in [1.165, 1.54) is 6.07 Å². The highest BCUT2D eigenvalue weighted by atomic mass is 19.1. The first-order valence-electron chi connectivity index (χ1n) is 4.02. The smallest absolute Gasteiger partial charge is 0.145 e. The maximum atomic E-state index is 11.7. The van der Waals surface area contributed by atoms with Gasteiger partial charge < -0.3 is 15.6 Å².